The quantitative estimate of drug-likeness (QED) is 0.746. The van der Waals surface area contributed by atoms with Crippen LogP contribution in [0.5, 0.6) is 5.75 Å². The highest BCUT2D eigenvalue weighted by molar-refractivity contribution is 5.89. The lowest BCUT2D eigenvalue weighted by Gasteiger charge is -2.17. The van der Waals surface area contributed by atoms with Crippen LogP contribution in [0.4, 0.5) is 0 Å². The van der Waals surface area contributed by atoms with Gasteiger partial charge in [0, 0.05) is 0 Å². The second-order valence-electron chi connectivity index (χ2n) is 4.51. The zero-order valence-electron chi connectivity index (χ0n) is 11.2. The number of aromatic hydroxyl groups is 1. The first kappa shape index (κ1) is 14.6. The van der Waals surface area contributed by atoms with E-state index in [0.29, 0.717) is 5.56 Å². The number of rotatable bonds is 7. The van der Waals surface area contributed by atoms with Crippen molar-refractivity contribution < 1.29 is 14.6 Å². The fourth-order valence-corrected chi connectivity index (χ4v) is 1.83. The number of phenols is 1. The third-order valence-electron chi connectivity index (χ3n) is 2.87. The predicted molar refractivity (Wildman–Crippen MR) is 71.7 cm³/mol. The van der Waals surface area contributed by atoms with Crippen molar-refractivity contribution in [3.63, 3.8) is 0 Å². The second kappa shape index (κ2) is 7.75. The van der Waals surface area contributed by atoms with Crippen LogP contribution in [0.3, 0.4) is 0 Å². The Labute approximate surface area is 109 Å². The Morgan fingerprint density at radius 1 is 1.17 bits per heavy atom. The van der Waals surface area contributed by atoms with E-state index in [4.69, 9.17) is 9.84 Å². The average Bonchev–Trinajstić information content (AvgIpc) is 2.37. The molecule has 100 valence electrons. The molecule has 1 aromatic carbocycles. The normalized spacial score (nSPS) is 12.1. The van der Waals surface area contributed by atoms with Crippen molar-refractivity contribution >= 4 is 5.97 Å². The number of phenolic OH excluding ortho intramolecular Hbond substituents is 1. The van der Waals surface area contributed by atoms with Crippen molar-refractivity contribution in [2.24, 2.45) is 0 Å². The topological polar surface area (TPSA) is 46.5 Å². The molecule has 0 aliphatic carbocycles. The Bertz CT molecular complexity index is 357. The van der Waals surface area contributed by atoms with Gasteiger partial charge in [0.1, 0.15) is 11.9 Å². The number of carbonyl (C=O) groups is 1. The summed E-state index contributed by atoms with van der Waals surface area (Å²) in [6.45, 7) is 4.22. The first-order valence-electron chi connectivity index (χ1n) is 6.67. The number of benzene rings is 1. The maximum absolute atomic E-state index is 11.9. The van der Waals surface area contributed by atoms with Gasteiger partial charge < -0.3 is 9.84 Å². The first-order valence-corrected chi connectivity index (χ1v) is 6.67. The molecule has 18 heavy (non-hydrogen) atoms. The Morgan fingerprint density at radius 3 is 2.39 bits per heavy atom. The van der Waals surface area contributed by atoms with Crippen LogP contribution in [0.15, 0.2) is 24.3 Å². The van der Waals surface area contributed by atoms with Gasteiger partial charge in [-0.25, -0.2) is 4.79 Å². The third-order valence-corrected chi connectivity index (χ3v) is 2.87. The molecule has 1 rings (SSSR count). The van der Waals surface area contributed by atoms with Gasteiger partial charge in [-0.05, 0) is 37.1 Å². The first-order chi connectivity index (χ1) is 8.67. The zero-order valence-corrected chi connectivity index (χ0v) is 11.2. The van der Waals surface area contributed by atoms with E-state index in [1.807, 2.05) is 0 Å². The molecule has 0 heterocycles. The van der Waals surface area contributed by atoms with Crippen molar-refractivity contribution in [3.8, 4) is 5.75 Å². The van der Waals surface area contributed by atoms with E-state index in [0.717, 1.165) is 32.1 Å². The Kier molecular flexibility index (Phi) is 6.26. The van der Waals surface area contributed by atoms with E-state index in [9.17, 15) is 4.79 Å². The Hall–Kier alpha value is -1.51. The lowest BCUT2D eigenvalue weighted by molar-refractivity contribution is 0.0255. The molecule has 3 nitrogen and oxygen atoms in total. The van der Waals surface area contributed by atoms with Crippen LogP contribution in [0, 0.1) is 0 Å². The molecule has 0 bridgehead atoms. The minimum atomic E-state index is -0.301. The summed E-state index contributed by atoms with van der Waals surface area (Å²) < 4.78 is 5.50. The zero-order chi connectivity index (χ0) is 13.4. The molecular weight excluding hydrogens is 228 g/mol. The number of ether oxygens (including phenoxy) is 1. The molecule has 1 N–H and O–H groups in total. The molecule has 0 fully saturated rings. The van der Waals surface area contributed by atoms with Crippen LogP contribution in [0.1, 0.15) is 56.3 Å². The molecule has 0 spiro atoms. The number of hydrogen-bond acceptors (Lipinski definition) is 3. The molecule has 0 amide bonds. The SMILES string of the molecule is CCCCC(CCC)OC(=O)c1ccc(O)cc1. The largest absolute Gasteiger partial charge is 0.508 e. The average molecular weight is 250 g/mol. The summed E-state index contributed by atoms with van der Waals surface area (Å²) in [5, 5.41) is 9.17. The number of esters is 1. The van der Waals surface area contributed by atoms with Crippen molar-refractivity contribution in [1.29, 1.82) is 0 Å². The Morgan fingerprint density at radius 2 is 1.83 bits per heavy atom. The van der Waals surface area contributed by atoms with Gasteiger partial charge in [0.2, 0.25) is 0 Å². The highest BCUT2D eigenvalue weighted by Gasteiger charge is 2.14. The van der Waals surface area contributed by atoms with Crippen LogP contribution in [-0.4, -0.2) is 17.2 Å². The molecule has 1 atom stereocenters. The predicted octanol–water partition coefficient (Wildman–Crippen LogP) is 3.91. The molecule has 0 saturated carbocycles. The van der Waals surface area contributed by atoms with E-state index in [2.05, 4.69) is 13.8 Å². The van der Waals surface area contributed by atoms with Crippen molar-refractivity contribution in [3.05, 3.63) is 29.8 Å². The summed E-state index contributed by atoms with van der Waals surface area (Å²) in [4.78, 5) is 11.9. The van der Waals surface area contributed by atoms with Gasteiger partial charge in [-0.3, -0.25) is 0 Å². The summed E-state index contributed by atoms with van der Waals surface area (Å²) in [5.74, 6) is -0.146. The molecule has 1 aromatic rings. The summed E-state index contributed by atoms with van der Waals surface area (Å²) in [6, 6.07) is 6.16. The molecule has 0 aromatic heterocycles. The monoisotopic (exact) mass is 250 g/mol. The summed E-state index contributed by atoms with van der Waals surface area (Å²) in [6.07, 6.45) is 5.04. The van der Waals surface area contributed by atoms with Crippen LogP contribution < -0.4 is 0 Å². The molecule has 0 radical (unpaired) electrons. The lowest BCUT2D eigenvalue weighted by atomic mass is 10.1. The fraction of sp³-hybridized carbons (Fsp3) is 0.533. The molecular formula is C15H22O3. The highest BCUT2D eigenvalue weighted by Crippen LogP contribution is 2.15. The maximum Gasteiger partial charge on any atom is 0.338 e. The van der Waals surface area contributed by atoms with Gasteiger partial charge in [0.15, 0.2) is 0 Å². The van der Waals surface area contributed by atoms with Crippen molar-refractivity contribution in [2.45, 2.75) is 52.1 Å². The maximum atomic E-state index is 11.9. The summed E-state index contributed by atoms with van der Waals surface area (Å²) in [7, 11) is 0. The molecule has 0 aliphatic rings. The third kappa shape index (κ3) is 4.78. The highest BCUT2D eigenvalue weighted by atomic mass is 16.5. The molecule has 1 unspecified atom stereocenters. The van der Waals surface area contributed by atoms with Gasteiger partial charge in [-0.15, -0.1) is 0 Å². The van der Waals surface area contributed by atoms with Gasteiger partial charge >= 0.3 is 5.97 Å². The smallest absolute Gasteiger partial charge is 0.338 e. The lowest BCUT2D eigenvalue weighted by Crippen LogP contribution is -2.18. The molecule has 3 heteroatoms. The number of hydrogen-bond donors (Lipinski definition) is 1. The Balaban J connectivity index is 2.56. The van der Waals surface area contributed by atoms with Crippen molar-refractivity contribution in [1.82, 2.24) is 0 Å². The minimum absolute atomic E-state index is 0.0104. The number of carbonyl (C=O) groups excluding carboxylic acids is 1. The standard InChI is InChI=1S/C15H22O3/c1-3-5-7-14(6-4-2)18-15(17)12-8-10-13(16)11-9-12/h8-11,14,16H,3-7H2,1-2H3. The minimum Gasteiger partial charge on any atom is -0.508 e. The van der Waals surface area contributed by atoms with Gasteiger partial charge in [0.05, 0.1) is 5.56 Å². The van der Waals surface area contributed by atoms with Gasteiger partial charge in [-0.1, -0.05) is 33.1 Å². The molecule has 0 saturated heterocycles. The van der Waals surface area contributed by atoms with Crippen molar-refractivity contribution in [2.75, 3.05) is 0 Å². The molecule has 0 aliphatic heterocycles. The van der Waals surface area contributed by atoms with E-state index in [1.54, 1.807) is 12.1 Å². The van der Waals surface area contributed by atoms with E-state index < -0.39 is 0 Å². The summed E-state index contributed by atoms with van der Waals surface area (Å²) in [5.41, 5.74) is 0.491. The van der Waals surface area contributed by atoms with Crippen LogP contribution in [0.2, 0.25) is 0 Å². The van der Waals surface area contributed by atoms with E-state index >= 15 is 0 Å². The summed E-state index contributed by atoms with van der Waals surface area (Å²) >= 11 is 0. The van der Waals surface area contributed by atoms with Crippen LogP contribution >= 0.6 is 0 Å². The fourth-order valence-electron chi connectivity index (χ4n) is 1.83. The second-order valence-corrected chi connectivity index (χ2v) is 4.51. The van der Waals surface area contributed by atoms with Gasteiger partial charge in [0.25, 0.3) is 0 Å². The van der Waals surface area contributed by atoms with E-state index in [-0.39, 0.29) is 17.8 Å². The van der Waals surface area contributed by atoms with Crippen LogP contribution in [0.25, 0.3) is 0 Å². The van der Waals surface area contributed by atoms with Crippen LogP contribution in [-0.2, 0) is 4.74 Å². The van der Waals surface area contributed by atoms with E-state index in [1.165, 1.54) is 12.1 Å². The number of unbranched alkanes of at least 4 members (excludes halogenated alkanes) is 1. The van der Waals surface area contributed by atoms with Gasteiger partial charge in [-0.2, -0.15) is 0 Å².